The molecule has 174 valence electrons. The number of allylic oxidation sites excluding steroid dienone is 1. The maximum absolute atomic E-state index is 13.8. The highest BCUT2D eigenvalue weighted by atomic mass is 79.9. The monoisotopic (exact) mass is 544 g/mol. The topological polar surface area (TPSA) is 63.8 Å². The molecule has 4 aromatic rings. The molecule has 35 heavy (non-hydrogen) atoms. The van der Waals surface area contributed by atoms with E-state index in [9.17, 15) is 9.90 Å². The first-order valence-electron chi connectivity index (χ1n) is 11.3. The Morgan fingerprint density at radius 1 is 1.11 bits per heavy atom. The zero-order valence-electron chi connectivity index (χ0n) is 18.9. The fourth-order valence-corrected chi connectivity index (χ4v) is 6.29. The number of aromatic nitrogens is 1. The van der Waals surface area contributed by atoms with Gasteiger partial charge < -0.3 is 9.84 Å². The molecule has 6 rings (SSSR count). The summed E-state index contributed by atoms with van der Waals surface area (Å²) in [5, 5.41) is 10.4. The van der Waals surface area contributed by atoms with Gasteiger partial charge in [-0.2, -0.15) is 0 Å². The van der Waals surface area contributed by atoms with Crippen molar-refractivity contribution in [3.63, 3.8) is 0 Å². The van der Waals surface area contributed by atoms with E-state index < -0.39 is 0 Å². The Hall–Kier alpha value is -3.42. The van der Waals surface area contributed by atoms with Crippen LogP contribution in [-0.2, 0) is 6.42 Å². The summed E-state index contributed by atoms with van der Waals surface area (Å²) in [6.45, 7) is 0. The number of phenols is 1. The van der Waals surface area contributed by atoms with Crippen molar-refractivity contribution in [2.24, 2.45) is 4.99 Å². The van der Waals surface area contributed by atoms with Gasteiger partial charge in [-0.25, -0.2) is 4.99 Å². The van der Waals surface area contributed by atoms with Gasteiger partial charge in [0.1, 0.15) is 11.5 Å². The smallest absolute Gasteiger partial charge is 0.271 e. The molecule has 0 radical (unpaired) electrons. The van der Waals surface area contributed by atoms with Gasteiger partial charge in [0.15, 0.2) is 4.80 Å². The van der Waals surface area contributed by atoms with Crippen LogP contribution in [0, 0.1) is 0 Å². The molecule has 1 atom stereocenters. The van der Waals surface area contributed by atoms with Crippen molar-refractivity contribution in [2.45, 2.75) is 18.9 Å². The van der Waals surface area contributed by atoms with Crippen molar-refractivity contribution in [3.05, 3.63) is 119 Å². The number of methoxy groups -OCH3 is 1. The molecule has 2 heterocycles. The summed E-state index contributed by atoms with van der Waals surface area (Å²) in [5.41, 5.74) is 5.95. The first kappa shape index (κ1) is 22.1. The van der Waals surface area contributed by atoms with Crippen LogP contribution in [0.5, 0.6) is 11.5 Å². The first-order valence-corrected chi connectivity index (χ1v) is 12.9. The molecular formula is C28H21BrN2O3S. The summed E-state index contributed by atoms with van der Waals surface area (Å²) >= 11 is 4.79. The number of phenolic OH excluding ortho intramolecular Hbond substituents is 1. The number of benzene rings is 3. The summed E-state index contributed by atoms with van der Waals surface area (Å²) in [6.07, 6.45) is 3.47. The summed E-state index contributed by atoms with van der Waals surface area (Å²) in [6, 6.07) is 21.2. The molecule has 0 saturated carbocycles. The van der Waals surface area contributed by atoms with Gasteiger partial charge in [0, 0.05) is 15.6 Å². The Bertz CT molecular complexity index is 1700. The summed E-state index contributed by atoms with van der Waals surface area (Å²) in [5.74, 6) is 0.871. The minimum absolute atomic E-state index is 0.119. The highest BCUT2D eigenvalue weighted by molar-refractivity contribution is 9.10. The van der Waals surface area contributed by atoms with E-state index in [0.717, 1.165) is 45.5 Å². The molecule has 1 aliphatic heterocycles. The molecule has 7 heteroatoms. The van der Waals surface area contributed by atoms with Crippen molar-refractivity contribution in [2.75, 3.05) is 7.11 Å². The van der Waals surface area contributed by atoms with Crippen LogP contribution in [0.15, 0.2) is 86.6 Å². The fourth-order valence-electron chi connectivity index (χ4n) is 4.92. The Labute approximate surface area is 214 Å². The van der Waals surface area contributed by atoms with Crippen molar-refractivity contribution >= 4 is 39.0 Å². The van der Waals surface area contributed by atoms with Gasteiger partial charge in [-0.3, -0.25) is 9.36 Å². The lowest BCUT2D eigenvalue weighted by Gasteiger charge is -2.31. The van der Waals surface area contributed by atoms with Gasteiger partial charge >= 0.3 is 0 Å². The predicted molar refractivity (Wildman–Crippen MR) is 142 cm³/mol. The number of thiazole rings is 1. The molecule has 0 spiro atoms. The highest BCUT2D eigenvalue weighted by Crippen LogP contribution is 2.41. The van der Waals surface area contributed by atoms with Crippen molar-refractivity contribution < 1.29 is 9.84 Å². The molecule has 0 saturated heterocycles. The number of fused-ring (bicyclic) bond motifs is 3. The molecule has 0 fully saturated rings. The molecule has 5 nitrogen and oxygen atoms in total. The number of aromatic hydroxyl groups is 1. The SMILES string of the molecule is COc1cccc(C2C3=C(N=c4s/c(=C\c5cc(Br)ccc5O)c(=O)n42)c2ccccc2CC3)c1. The standard InChI is InChI=1S/C28H21BrN2O3S/c1-34-20-7-4-6-17(14-20)26-22-11-9-16-5-2-3-8-21(16)25(22)30-28-31(26)27(33)24(35-28)15-18-13-19(29)10-12-23(18)32/h2-8,10,12-15,26,32H,9,11H2,1H3/b24-15-. The van der Waals surface area contributed by atoms with Crippen LogP contribution in [0.25, 0.3) is 11.8 Å². The first-order chi connectivity index (χ1) is 17.0. The minimum Gasteiger partial charge on any atom is -0.507 e. The van der Waals surface area contributed by atoms with E-state index in [2.05, 4.69) is 34.1 Å². The van der Waals surface area contributed by atoms with Gasteiger partial charge in [-0.15, -0.1) is 0 Å². The molecule has 0 amide bonds. The zero-order valence-corrected chi connectivity index (χ0v) is 21.3. The van der Waals surface area contributed by atoms with E-state index in [0.29, 0.717) is 14.9 Å². The van der Waals surface area contributed by atoms with Crippen molar-refractivity contribution in [1.29, 1.82) is 0 Å². The third-order valence-electron chi connectivity index (χ3n) is 6.56. The summed E-state index contributed by atoms with van der Waals surface area (Å²) in [7, 11) is 1.65. The molecule has 2 aliphatic rings. The Morgan fingerprint density at radius 3 is 2.83 bits per heavy atom. The second-order valence-electron chi connectivity index (χ2n) is 8.59. The van der Waals surface area contributed by atoms with Gasteiger partial charge in [-0.05, 0) is 65.9 Å². The van der Waals surface area contributed by atoms with E-state index in [1.54, 1.807) is 36.0 Å². The molecule has 1 aliphatic carbocycles. The minimum atomic E-state index is -0.275. The van der Waals surface area contributed by atoms with Crippen LogP contribution >= 0.6 is 27.3 Å². The zero-order chi connectivity index (χ0) is 24.1. The maximum Gasteiger partial charge on any atom is 0.271 e. The quantitative estimate of drug-likeness (QED) is 0.403. The Kier molecular flexibility index (Phi) is 5.46. The van der Waals surface area contributed by atoms with E-state index in [4.69, 9.17) is 9.73 Å². The average Bonchev–Trinajstić information content (AvgIpc) is 3.19. The number of hydrogen-bond acceptors (Lipinski definition) is 5. The van der Waals surface area contributed by atoms with Crippen LogP contribution in [0.1, 0.15) is 34.7 Å². The Balaban J connectivity index is 1.64. The van der Waals surface area contributed by atoms with Gasteiger partial charge in [-0.1, -0.05) is 63.7 Å². The number of halogens is 1. The van der Waals surface area contributed by atoms with Crippen LogP contribution in [0.2, 0.25) is 0 Å². The molecule has 3 aromatic carbocycles. The largest absolute Gasteiger partial charge is 0.507 e. The maximum atomic E-state index is 13.8. The molecule has 0 bridgehead atoms. The number of aryl methyl sites for hydroxylation is 1. The number of ether oxygens (including phenoxy) is 1. The molecular weight excluding hydrogens is 524 g/mol. The summed E-state index contributed by atoms with van der Waals surface area (Å²) in [4.78, 5) is 19.5. The second-order valence-corrected chi connectivity index (χ2v) is 10.5. The lowest BCUT2D eigenvalue weighted by Crippen LogP contribution is -2.38. The van der Waals surface area contributed by atoms with Gasteiger partial charge in [0.25, 0.3) is 5.56 Å². The second kappa shape index (κ2) is 8.66. The highest BCUT2D eigenvalue weighted by Gasteiger charge is 2.32. The van der Waals surface area contributed by atoms with Crippen molar-refractivity contribution in [3.8, 4) is 11.5 Å². The third-order valence-corrected chi connectivity index (χ3v) is 8.03. The number of nitrogens with zero attached hydrogens (tertiary/aromatic N) is 2. The van der Waals surface area contributed by atoms with E-state index in [1.807, 2.05) is 30.3 Å². The van der Waals surface area contributed by atoms with Crippen LogP contribution < -0.4 is 19.6 Å². The van der Waals surface area contributed by atoms with Crippen molar-refractivity contribution in [1.82, 2.24) is 4.57 Å². The molecule has 1 N–H and O–H groups in total. The van der Waals surface area contributed by atoms with E-state index in [-0.39, 0.29) is 17.4 Å². The van der Waals surface area contributed by atoms with E-state index in [1.165, 1.54) is 16.9 Å². The lowest BCUT2D eigenvalue weighted by molar-refractivity contribution is 0.413. The summed E-state index contributed by atoms with van der Waals surface area (Å²) < 4.78 is 8.66. The lowest BCUT2D eigenvalue weighted by atomic mass is 9.83. The average molecular weight is 545 g/mol. The number of rotatable bonds is 3. The molecule has 1 aromatic heterocycles. The fraction of sp³-hybridized carbons (Fsp3) is 0.143. The Morgan fingerprint density at radius 2 is 1.97 bits per heavy atom. The normalized spacial score (nSPS) is 16.9. The third kappa shape index (κ3) is 3.75. The van der Waals surface area contributed by atoms with Crippen LogP contribution in [-0.4, -0.2) is 16.8 Å². The molecule has 1 unspecified atom stereocenters. The van der Waals surface area contributed by atoms with Gasteiger partial charge in [0.05, 0.1) is 23.4 Å². The van der Waals surface area contributed by atoms with E-state index >= 15 is 0 Å². The van der Waals surface area contributed by atoms with Gasteiger partial charge in [0.2, 0.25) is 0 Å². The predicted octanol–water partition coefficient (Wildman–Crippen LogP) is 4.80. The van der Waals surface area contributed by atoms with Crippen LogP contribution in [0.3, 0.4) is 0 Å². The van der Waals surface area contributed by atoms with Crippen LogP contribution in [0.4, 0.5) is 0 Å². The number of hydrogen-bond donors (Lipinski definition) is 1.